The van der Waals surface area contributed by atoms with Gasteiger partial charge in [0, 0.05) is 11.1 Å². The van der Waals surface area contributed by atoms with Crippen LogP contribution in [-0.2, 0) is 0 Å². The molecule has 0 unspecified atom stereocenters. The van der Waals surface area contributed by atoms with Crippen LogP contribution >= 0.6 is 27.3 Å². The van der Waals surface area contributed by atoms with Crippen molar-refractivity contribution in [2.45, 2.75) is 0 Å². The lowest BCUT2D eigenvalue weighted by Crippen LogP contribution is -2.13. The number of rotatable bonds is 5. The highest BCUT2D eigenvalue weighted by Crippen LogP contribution is 2.37. The van der Waals surface area contributed by atoms with E-state index < -0.39 is 0 Å². The standard InChI is InChI=1S/C22H17BrN2O3S/c1-27-17-11-13(12-18(28-2)20(17)23)21(26)24-15-8-4-3-7-14(15)22-25-16-9-5-6-10-19(16)29-22/h3-12H,1-2H3,(H,24,26). The highest BCUT2D eigenvalue weighted by atomic mass is 79.9. The maximum absolute atomic E-state index is 13.0. The van der Waals surface area contributed by atoms with Gasteiger partial charge >= 0.3 is 0 Å². The second-order valence-electron chi connectivity index (χ2n) is 6.18. The zero-order chi connectivity index (χ0) is 20.4. The zero-order valence-corrected chi connectivity index (χ0v) is 18.1. The number of amides is 1. The third-order valence-electron chi connectivity index (χ3n) is 4.41. The van der Waals surface area contributed by atoms with E-state index in [9.17, 15) is 4.79 Å². The molecule has 0 radical (unpaired) electrons. The van der Waals surface area contributed by atoms with E-state index in [-0.39, 0.29) is 5.91 Å². The largest absolute Gasteiger partial charge is 0.495 e. The third-order valence-corrected chi connectivity index (χ3v) is 6.26. The maximum Gasteiger partial charge on any atom is 0.255 e. The molecule has 0 saturated heterocycles. The number of halogens is 1. The molecule has 1 aromatic heterocycles. The second kappa shape index (κ2) is 8.23. The van der Waals surface area contributed by atoms with Gasteiger partial charge in [0.1, 0.15) is 21.0 Å². The fraction of sp³-hybridized carbons (Fsp3) is 0.0909. The van der Waals surface area contributed by atoms with Crippen molar-refractivity contribution in [2.24, 2.45) is 0 Å². The first-order valence-corrected chi connectivity index (χ1v) is 10.4. The number of benzene rings is 3. The number of ether oxygens (including phenoxy) is 2. The summed E-state index contributed by atoms with van der Waals surface area (Å²) in [7, 11) is 3.09. The van der Waals surface area contributed by atoms with E-state index >= 15 is 0 Å². The second-order valence-corrected chi connectivity index (χ2v) is 8.00. The van der Waals surface area contributed by atoms with Crippen LogP contribution in [0.5, 0.6) is 11.5 Å². The number of aromatic nitrogens is 1. The van der Waals surface area contributed by atoms with Gasteiger partial charge in [-0.1, -0.05) is 24.3 Å². The number of carbonyl (C=O) groups excluding carboxylic acids is 1. The lowest BCUT2D eigenvalue weighted by Gasteiger charge is -2.13. The van der Waals surface area contributed by atoms with Crippen LogP contribution in [0.3, 0.4) is 0 Å². The number of para-hydroxylation sites is 2. The minimum Gasteiger partial charge on any atom is -0.495 e. The van der Waals surface area contributed by atoms with Crippen LogP contribution in [-0.4, -0.2) is 25.1 Å². The monoisotopic (exact) mass is 468 g/mol. The van der Waals surface area contributed by atoms with Gasteiger partial charge in [-0.15, -0.1) is 11.3 Å². The first-order valence-electron chi connectivity index (χ1n) is 8.78. The molecule has 0 aliphatic carbocycles. The Morgan fingerprint density at radius 1 is 1.00 bits per heavy atom. The first kappa shape index (κ1) is 19.4. The Morgan fingerprint density at radius 3 is 2.34 bits per heavy atom. The zero-order valence-electron chi connectivity index (χ0n) is 15.7. The summed E-state index contributed by atoms with van der Waals surface area (Å²) in [6, 6.07) is 19.0. The minimum absolute atomic E-state index is 0.261. The quantitative estimate of drug-likeness (QED) is 0.390. The lowest BCUT2D eigenvalue weighted by molar-refractivity contribution is 0.102. The number of thiazole rings is 1. The molecule has 0 saturated carbocycles. The summed E-state index contributed by atoms with van der Waals surface area (Å²) in [6.07, 6.45) is 0. The molecular formula is C22H17BrN2O3S. The Kier molecular flexibility index (Phi) is 5.51. The van der Waals surface area contributed by atoms with E-state index in [1.807, 2.05) is 48.5 Å². The molecule has 1 N–H and O–H groups in total. The fourth-order valence-electron chi connectivity index (χ4n) is 2.96. The number of fused-ring (bicyclic) bond motifs is 1. The number of nitrogens with one attached hydrogen (secondary N) is 1. The van der Waals surface area contributed by atoms with E-state index in [4.69, 9.17) is 14.5 Å². The lowest BCUT2D eigenvalue weighted by atomic mass is 10.1. The molecule has 0 fully saturated rings. The van der Waals surface area contributed by atoms with Crippen molar-refractivity contribution in [3.63, 3.8) is 0 Å². The van der Waals surface area contributed by atoms with Crippen LogP contribution in [0, 0.1) is 0 Å². The van der Waals surface area contributed by atoms with Crippen LogP contribution < -0.4 is 14.8 Å². The Morgan fingerprint density at radius 2 is 1.66 bits per heavy atom. The normalized spacial score (nSPS) is 10.7. The summed E-state index contributed by atoms with van der Waals surface area (Å²) in [5.41, 5.74) is 2.94. The van der Waals surface area contributed by atoms with Crippen molar-refractivity contribution >= 4 is 49.1 Å². The van der Waals surface area contributed by atoms with Gasteiger partial charge in [0.25, 0.3) is 5.91 Å². The van der Waals surface area contributed by atoms with Gasteiger partial charge in [-0.3, -0.25) is 4.79 Å². The number of hydrogen-bond acceptors (Lipinski definition) is 5. The highest BCUT2D eigenvalue weighted by molar-refractivity contribution is 9.10. The van der Waals surface area contributed by atoms with Gasteiger partial charge in [-0.25, -0.2) is 4.98 Å². The molecule has 7 heteroatoms. The van der Waals surface area contributed by atoms with E-state index in [2.05, 4.69) is 21.2 Å². The Labute approximate surface area is 180 Å². The molecule has 4 aromatic rings. The van der Waals surface area contributed by atoms with Gasteiger partial charge in [0.2, 0.25) is 0 Å². The molecule has 146 valence electrons. The first-order chi connectivity index (χ1) is 14.1. The molecule has 1 amide bonds. The molecule has 0 aliphatic heterocycles. The minimum atomic E-state index is -0.261. The molecule has 0 atom stereocenters. The van der Waals surface area contributed by atoms with Crippen molar-refractivity contribution in [1.29, 1.82) is 0 Å². The van der Waals surface area contributed by atoms with Gasteiger partial charge in [0.05, 0.1) is 30.1 Å². The van der Waals surface area contributed by atoms with Gasteiger partial charge in [-0.05, 0) is 52.3 Å². The predicted molar refractivity (Wildman–Crippen MR) is 120 cm³/mol. The van der Waals surface area contributed by atoms with Crippen LogP contribution in [0.4, 0.5) is 5.69 Å². The van der Waals surface area contributed by atoms with Crippen LogP contribution in [0.1, 0.15) is 10.4 Å². The van der Waals surface area contributed by atoms with Crippen LogP contribution in [0.2, 0.25) is 0 Å². The Bertz CT molecular complexity index is 1150. The number of anilines is 1. The average molecular weight is 469 g/mol. The molecule has 3 aromatic carbocycles. The summed E-state index contributed by atoms with van der Waals surface area (Å²) in [5, 5.41) is 3.85. The van der Waals surface area contributed by atoms with Crippen LogP contribution in [0.15, 0.2) is 65.1 Å². The molecule has 0 aliphatic rings. The summed E-state index contributed by atoms with van der Waals surface area (Å²) >= 11 is 5.01. The Hall–Kier alpha value is -2.90. The van der Waals surface area contributed by atoms with Gasteiger partial charge in [-0.2, -0.15) is 0 Å². The van der Waals surface area contributed by atoms with E-state index in [0.29, 0.717) is 27.2 Å². The van der Waals surface area contributed by atoms with Crippen molar-refractivity contribution in [3.05, 3.63) is 70.7 Å². The molecule has 1 heterocycles. The fourth-order valence-corrected chi connectivity index (χ4v) is 4.52. The SMILES string of the molecule is COc1cc(C(=O)Nc2ccccc2-c2nc3ccccc3s2)cc(OC)c1Br. The molecule has 29 heavy (non-hydrogen) atoms. The molecule has 0 bridgehead atoms. The van der Waals surface area contributed by atoms with E-state index in [1.165, 1.54) is 0 Å². The summed E-state index contributed by atoms with van der Waals surface area (Å²) < 4.78 is 12.4. The topological polar surface area (TPSA) is 60.5 Å². The van der Waals surface area contributed by atoms with Crippen molar-refractivity contribution < 1.29 is 14.3 Å². The number of carbonyl (C=O) groups is 1. The molecular weight excluding hydrogens is 452 g/mol. The average Bonchev–Trinajstić information content (AvgIpc) is 3.18. The summed E-state index contributed by atoms with van der Waals surface area (Å²) in [5.74, 6) is 0.783. The van der Waals surface area contributed by atoms with E-state index in [1.54, 1.807) is 37.7 Å². The van der Waals surface area contributed by atoms with Gasteiger partial charge < -0.3 is 14.8 Å². The number of nitrogens with zero attached hydrogens (tertiary/aromatic N) is 1. The van der Waals surface area contributed by atoms with Crippen molar-refractivity contribution in [3.8, 4) is 22.1 Å². The van der Waals surface area contributed by atoms with E-state index in [0.717, 1.165) is 20.8 Å². The molecule has 4 rings (SSSR count). The van der Waals surface area contributed by atoms with Crippen molar-refractivity contribution in [1.82, 2.24) is 4.98 Å². The summed E-state index contributed by atoms with van der Waals surface area (Å²) in [6.45, 7) is 0. The summed E-state index contributed by atoms with van der Waals surface area (Å²) in [4.78, 5) is 17.7. The van der Waals surface area contributed by atoms with Crippen molar-refractivity contribution in [2.75, 3.05) is 19.5 Å². The number of hydrogen-bond donors (Lipinski definition) is 1. The third kappa shape index (κ3) is 3.83. The van der Waals surface area contributed by atoms with Gasteiger partial charge in [0.15, 0.2) is 0 Å². The smallest absolute Gasteiger partial charge is 0.255 e. The van der Waals surface area contributed by atoms with Crippen LogP contribution in [0.25, 0.3) is 20.8 Å². The Balaban J connectivity index is 1.70. The predicted octanol–water partition coefficient (Wildman–Crippen LogP) is 6.00. The highest BCUT2D eigenvalue weighted by Gasteiger charge is 2.17. The number of methoxy groups -OCH3 is 2. The maximum atomic E-state index is 13.0. The molecule has 0 spiro atoms. The molecule has 5 nitrogen and oxygen atoms in total.